The number of hydrogen-bond donors (Lipinski definition) is 2. The van der Waals surface area contributed by atoms with Gasteiger partial charge in [0.1, 0.15) is 5.56 Å². The quantitative estimate of drug-likeness (QED) is 0.841. The molecular weight excluding hydrogens is 342 g/mol. The van der Waals surface area contributed by atoms with E-state index in [1.807, 2.05) is 27.0 Å². The first-order chi connectivity index (χ1) is 12.8. The number of likely N-dealkylation sites (tertiary alicyclic amines) is 1. The molecule has 2 aromatic heterocycles. The Labute approximate surface area is 159 Å². The van der Waals surface area contributed by atoms with Gasteiger partial charge in [0.25, 0.3) is 11.5 Å². The van der Waals surface area contributed by atoms with Crippen LogP contribution in [0.4, 0.5) is 0 Å². The lowest BCUT2D eigenvalue weighted by Gasteiger charge is -2.29. The van der Waals surface area contributed by atoms with Crippen LogP contribution in [0.5, 0.6) is 0 Å². The summed E-state index contributed by atoms with van der Waals surface area (Å²) >= 11 is 0. The molecular formula is C20H29N5O2. The first kappa shape index (κ1) is 19.4. The maximum absolute atomic E-state index is 12.4. The van der Waals surface area contributed by atoms with Crippen LogP contribution in [0.1, 0.15) is 52.8 Å². The third-order valence-electron chi connectivity index (χ3n) is 5.57. The van der Waals surface area contributed by atoms with E-state index in [1.165, 1.54) is 12.8 Å². The van der Waals surface area contributed by atoms with Gasteiger partial charge in [-0.3, -0.25) is 19.2 Å². The number of rotatable bonds is 5. The lowest BCUT2D eigenvalue weighted by atomic mass is 9.99. The molecule has 1 saturated heterocycles. The van der Waals surface area contributed by atoms with Gasteiger partial charge in [-0.1, -0.05) is 6.92 Å². The molecule has 7 nitrogen and oxygen atoms in total. The van der Waals surface area contributed by atoms with Crippen LogP contribution < -0.4 is 10.9 Å². The Morgan fingerprint density at radius 1 is 1.30 bits per heavy atom. The molecule has 27 heavy (non-hydrogen) atoms. The maximum atomic E-state index is 12.4. The zero-order valence-corrected chi connectivity index (χ0v) is 16.6. The van der Waals surface area contributed by atoms with Crippen molar-refractivity contribution in [3.8, 4) is 0 Å². The number of nitrogens with one attached hydrogen (secondary N) is 2. The molecule has 0 saturated carbocycles. The van der Waals surface area contributed by atoms with Crippen LogP contribution in [0, 0.1) is 19.8 Å². The third kappa shape index (κ3) is 4.47. The van der Waals surface area contributed by atoms with Crippen molar-refractivity contribution in [2.75, 3.05) is 13.1 Å². The molecule has 0 aromatic carbocycles. The van der Waals surface area contributed by atoms with Crippen molar-refractivity contribution in [2.45, 2.75) is 46.7 Å². The highest BCUT2D eigenvalue weighted by molar-refractivity contribution is 5.93. The van der Waals surface area contributed by atoms with Crippen molar-refractivity contribution in [3.05, 3.63) is 50.7 Å². The Morgan fingerprint density at radius 3 is 2.59 bits per heavy atom. The average Bonchev–Trinajstić information content (AvgIpc) is 2.87. The van der Waals surface area contributed by atoms with Crippen molar-refractivity contribution in [1.29, 1.82) is 0 Å². The van der Waals surface area contributed by atoms with Gasteiger partial charge in [-0.2, -0.15) is 5.10 Å². The van der Waals surface area contributed by atoms with Gasteiger partial charge in [-0.15, -0.1) is 0 Å². The lowest BCUT2D eigenvalue weighted by Crippen LogP contribution is -2.34. The van der Waals surface area contributed by atoms with Crippen LogP contribution in [0.3, 0.4) is 0 Å². The summed E-state index contributed by atoms with van der Waals surface area (Å²) in [5, 5.41) is 7.18. The van der Waals surface area contributed by atoms with Crippen LogP contribution in [0.25, 0.3) is 0 Å². The number of aryl methyl sites for hydroxylation is 2. The fourth-order valence-corrected chi connectivity index (χ4v) is 3.58. The van der Waals surface area contributed by atoms with E-state index in [9.17, 15) is 9.59 Å². The molecule has 3 heterocycles. The number of carbonyl (C=O) groups is 1. The van der Waals surface area contributed by atoms with Gasteiger partial charge < -0.3 is 10.3 Å². The standard InChI is InChI=1S/C20H29N5O2/c1-13-7-9-25(10-8-13)12-16-5-6-17(20(27)22-16)19(26)21-11-18-14(2)23-24(4)15(18)3/h5-6,13H,7-12H2,1-4H3,(H,21,26)(H,22,27). The fraction of sp³-hybridized carbons (Fsp3) is 0.550. The molecule has 1 aliphatic rings. The molecule has 3 rings (SSSR count). The predicted octanol–water partition coefficient (Wildman–Crippen LogP) is 1.89. The SMILES string of the molecule is Cc1nn(C)c(C)c1CNC(=O)c1ccc(CN2CCC(C)CC2)[nH]c1=O. The Kier molecular flexibility index (Phi) is 5.79. The molecule has 0 unspecified atom stereocenters. The summed E-state index contributed by atoms with van der Waals surface area (Å²) in [5.41, 5.74) is 3.53. The molecule has 0 bridgehead atoms. The smallest absolute Gasteiger partial charge is 0.261 e. The normalized spacial score (nSPS) is 15.9. The average molecular weight is 371 g/mol. The highest BCUT2D eigenvalue weighted by Gasteiger charge is 2.17. The van der Waals surface area contributed by atoms with Gasteiger partial charge in [0.15, 0.2) is 0 Å². The molecule has 0 aliphatic carbocycles. The Morgan fingerprint density at radius 2 is 2.00 bits per heavy atom. The Bertz CT molecular complexity index is 875. The molecule has 146 valence electrons. The third-order valence-corrected chi connectivity index (χ3v) is 5.57. The first-order valence-corrected chi connectivity index (χ1v) is 9.57. The fourth-order valence-electron chi connectivity index (χ4n) is 3.58. The van der Waals surface area contributed by atoms with Crippen LogP contribution in [-0.4, -0.2) is 38.7 Å². The van der Waals surface area contributed by atoms with Crippen molar-refractivity contribution in [3.63, 3.8) is 0 Å². The van der Waals surface area contributed by atoms with E-state index in [1.54, 1.807) is 10.7 Å². The first-order valence-electron chi connectivity index (χ1n) is 9.57. The van der Waals surface area contributed by atoms with E-state index in [4.69, 9.17) is 0 Å². The summed E-state index contributed by atoms with van der Waals surface area (Å²) in [6.45, 7) is 9.34. The van der Waals surface area contributed by atoms with E-state index >= 15 is 0 Å². The molecule has 0 atom stereocenters. The van der Waals surface area contributed by atoms with Gasteiger partial charge in [0.2, 0.25) is 0 Å². The molecule has 1 amide bonds. The zero-order valence-electron chi connectivity index (χ0n) is 16.6. The molecule has 0 radical (unpaired) electrons. The number of carbonyl (C=O) groups excluding carboxylic acids is 1. The van der Waals surface area contributed by atoms with Crippen LogP contribution in [-0.2, 0) is 20.1 Å². The van der Waals surface area contributed by atoms with E-state index in [2.05, 4.69) is 27.2 Å². The van der Waals surface area contributed by atoms with Gasteiger partial charge >= 0.3 is 0 Å². The van der Waals surface area contributed by atoms with Crippen LogP contribution in [0.15, 0.2) is 16.9 Å². The zero-order chi connectivity index (χ0) is 19.6. The number of aromatic nitrogens is 3. The van der Waals surface area contributed by atoms with Gasteiger partial charge in [-0.25, -0.2) is 0 Å². The topological polar surface area (TPSA) is 83.0 Å². The minimum Gasteiger partial charge on any atom is -0.348 e. The van der Waals surface area contributed by atoms with E-state index in [-0.39, 0.29) is 17.0 Å². The number of aromatic amines is 1. The summed E-state index contributed by atoms with van der Waals surface area (Å²) in [5.74, 6) is 0.413. The highest BCUT2D eigenvalue weighted by Crippen LogP contribution is 2.17. The number of amides is 1. The Hall–Kier alpha value is -2.41. The summed E-state index contributed by atoms with van der Waals surface area (Å²) in [7, 11) is 1.88. The minimum atomic E-state index is -0.364. The molecule has 1 aliphatic heterocycles. The van der Waals surface area contributed by atoms with Crippen molar-refractivity contribution in [2.24, 2.45) is 13.0 Å². The van der Waals surface area contributed by atoms with Crippen molar-refractivity contribution >= 4 is 5.91 Å². The maximum Gasteiger partial charge on any atom is 0.261 e. The number of hydrogen-bond acceptors (Lipinski definition) is 4. The van der Waals surface area contributed by atoms with E-state index in [0.717, 1.165) is 48.2 Å². The van der Waals surface area contributed by atoms with Gasteiger partial charge in [0.05, 0.1) is 5.69 Å². The summed E-state index contributed by atoms with van der Waals surface area (Å²) in [6.07, 6.45) is 2.38. The number of nitrogens with zero attached hydrogens (tertiary/aromatic N) is 3. The number of H-pyrrole nitrogens is 1. The second-order valence-corrected chi connectivity index (χ2v) is 7.64. The van der Waals surface area contributed by atoms with Gasteiger partial charge in [-0.05, 0) is 57.8 Å². The summed E-state index contributed by atoms with van der Waals surface area (Å²) in [6, 6.07) is 3.47. The highest BCUT2D eigenvalue weighted by atomic mass is 16.2. The predicted molar refractivity (Wildman–Crippen MR) is 105 cm³/mol. The molecule has 1 fully saturated rings. The molecule has 2 aromatic rings. The van der Waals surface area contributed by atoms with E-state index < -0.39 is 0 Å². The Balaban J connectivity index is 1.63. The van der Waals surface area contributed by atoms with Gasteiger partial charge in [0, 0.05) is 37.1 Å². The number of piperidine rings is 1. The monoisotopic (exact) mass is 371 g/mol. The summed E-state index contributed by atoms with van der Waals surface area (Å²) < 4.78 is 1.79. The number of pyridine rings is 1. The lowest BCUT2D eigenvalue weighted by molar-refractivity contribution is 0.0949. The molecule has 0 spiro atoms. The second-order valence-electron chi connectivity index (χ2n) is 7.64. The largest absolute Gasteiger partial charge is 0.348 e. The molecule has 2 N–H and O–H groups in total. The second kappa shape index (κ2) is 8.08. The summed E-state index contributed by atoms with van der Waals surface area (Å²) in [4.78, 5) is 30.0. The molecule has 7 heteroatoms. The van der Waals surface area contributed by atoms with Crippen LogP contribution in [0.2, 0.25) is 0 Å². The van der Waals surface area contributed by atoms with Crippen molar-refractivity contribution < 1.29 is 4.79 Å². The minimum absolute atomic E-state index is 0.144. The van der Waals surface area contributed by atoms with Crippen molar-refractivity contribution in [1.82, 2.24) is 25.0 Å². The van der Waals surface area contributed by atoms with E-state index in [0.29, 0.717) is 6.54 Å². The van der Waals surface area contributed by atoms with Crippen LogP contribution >= 0.6 is 0 Å².